The summed E-state index contributed by atoms with van der Waals surface area (Å²) in [5.74, 6) is -0.163. The number of sulfonamides is 1. The van der Waals surface area contributed by atoms with Crippen molar-refractivity contribution >= 4 is 45.4 Å². The van der Waals surface area contributed by atoms with E-state index in [4.69, 9.17) is 21.1 Å². The number of hydroxylamine groups is 2. The van der Waals surface area contributed by atoms with Crippen LogP contribution in [0, 0.1) is 10.4 Å². The summed E-state index contributed by atoms with van der Waals surface area (Å²) in [6, 6.07) is 18.5. The summed E-state index contributed by atoms with van der Waals surface area (Å²) in [6.45, 7) is 0.711. The Bertz CT molecular complexity index is 1540. The maximum Gasteiger partial charge on any atom is 0.326 e. The highest BCUT2D eigenvalue weighted by molar-refractivity contribution is 7.94. The van der Waals surface area contributed by atoms with Crippen LogP contribution in [0.1, 0.15) is 35.6 Å². The number of benzene rings is 3. The van der Waals surface area contributed by atoms with Gasteiger partial charge in [0, 0.05) is 17.6 Å². The molecule has 1 saturated heterocycles. The quantitative estimate of drug-likeness (QED) is 0.110. The fourth-order valence-corrected chi connectivity index (χ4v) is 7.06. The van der Waals surface area contributed by atoms with Crippen LogP contribution in [-0.2, 0) is 26.0 Å². The van der Waals surface area contributed by atoms with Gasteiger partial charge in [-0.25, -0.2) is 13.2 Å². The molecule has 3 aromatic rings. The van der Waals surface area contributed by atoms with Crippen molar-refractivity contribution in [3.63, 3.8) is 0 Å². The van der Waals surface area contributed by atoms with Crippen molar-refractivity contribution in [1.82, 2.24) is 10.0 Å². The number of nitrogens with one attached hydrogen (secondary N) is 2. The zero-order chi connectivity index (χ0) is 31.0. The van der Waals surface area contributed by atoms with Gasteiger partial charge in [-0.2, -0.15) is 4.72 Å². The van der Waals surface area contributed by atoms with Gasteiger partial charge in [0.1, 0.15) is 17.5 Å². The molecule has 43 heavy (non-hydrogen) atoms. The highest BCUT2D eigenvalue weighted by Crippen LogP contribution is 2.48. The number of quaternary nitrogens is 1. The molecule has 1 aliphatic rings. The van der Waals surface area contributed by atoms with Crippen LogP contribution in [0.25, 0.3) is 0 Å². The largest absolute Gasteiger partial charge is 0.612 e. The summed E-state index contributed by atoms with van der Waals surface area (Å²) in [6.07, 6.45) is 0.953. The predicted molar refractivity (Wildman–Crippen MR) is 163 cm³/mol. The summed E-state index contributed by atoms with van der Waals surface area (Å²) < 4.78 is 37.3. The van der Waals surface area contributed by atoms with E-state index in [1.54, 1.807) is 43.5 Å². The number of carbonyl (C=O) groups excluding carboxylic acids is 2. The summed E-state index contributed by atoms with van der Waals surface area (Å²) in [7, 11) is -2.46. The lowest BCUT2D eigenvalue weighted by Gasteiger charge is -2.36. The van der Waals surface area contributed by atoms with Gasteiger partial charge in [0.15, 0.2) is 0 Å². The van der Waals surface area contributed by atoms with Gasteiger partial charge in [-0.1, -0.05) is 48.0 Å². The maximum atomic E-state index is 13.2. The smallest absolute Gasteiger partial charge is 0.326 e. The number of rotatable bonds is 14. The second-order valence-electron chi connectivity index (χ2n) is 9.76. The second kappa shape index (κ2) is 14.5. The van der Waals surface area contributed by atoms with Crippen molar-refractivity contribution in [3.8, 4) is 11.5 Å². The summed E-state index contributed by atoms with van der Waals surface area (Å²) >= 11 is 6.85. The van der Waals surface area contributed by atoms with E-state index in [1.165, 1.54) is 18.2 Å². The highest BCUT2D eigenvalue weighted by atomic mass is 35.5. The molecule has 0 bridgehead atoms. The zero-order valence-electron chi connectivity index (χ0n) is 23.2. The normalized spacial score (nSPS) is 16.9. The van der Waals surface area contributed by atoms with Gasteiger partial charge in [-0.15, -0.1) is 0 Å². The minimum Gasteiger partial charge on any atom is -0.612 e. The first-order valence-corrected chi connectivity index (χ1v) is 16.1. The molecule has 1 heterocycles. The molecule has 230 valence electrons. The summed E-state index contributed by atoms with van der Waals surface area (Å²) in [4.78, 5) is 25.0. The zero-order valence-corrected chi connectivity index (χ0v) is 25.6. The Kier molecular flexibility index (Phi) is 11.1. The second-order valence-corrected chi connectivity index (χ2v) is 13.1. The number of carbonyl (C=O) groups is 2. The first-order valence-electron chi connectivity index (χ1n) is 13.4. The lowest BCUT2D eigenvalue weighted by atomic mass is 10.0. The maximum absolute atomic E-state index is 13.2. The van der Waals surface area contributed by atoms with Crippen LogP contribution in [0.3, 0.4) is 0 Å². The molecule has 0 spiro atoms. The minimum atomic E-state index is -4.04. The van der Waals surface area contributed by atoms with Crippen molar-refractivity contribution in [1.29, 1.82) is 0 Å². The van der Waals surface area contributed by atoms with E-state index in [0.29, 0.717) is 60.6 Å². The molecule has 2 atom stereocenters. The van der Waals surface area contributed by atoms with Gasteiger partial charge < -0.3 is 25.2 Å². The van der Waals surface area contributed by atoms with Gasteiger partial charge in [0.25, 0.3) is 0 Å². The molecular formula is C29H31ClN3O8S2-. The van der Waals surface area contributed by atoms with Crippen molar-refractivity contribution in [2.24, 2.45) is 0 Å². The lowest BCUT2D eigenvalue weighted by Crippen LogP contribution is -2.48. The molecule has 1 fully saturated rings. The SMILES string of the molecule is COc1cccc(OCCCCNC(=O)C(Cc2ccc(C3CC(=O)[N+]([O-])([O-])S3)c(Cl)c2)NS(=O)(=O)c2ccccc2)c1. The number of methoxy groups -OCH3 is 1. The third kappa shape index (κ3) is 8.92. The molecule has 0 radical (unpaired) electrons. The van der Waals surface area contributed by atoms with Crippen LogP contribution < -0.4 is 19.5 Å². The number of halogens is 1. The molecule has 1 aliphatic heterocycles. The number of hydrogen-bond acceptors (Lipinski definition) is 9. The lowest BCUT2D eigenvalue weighted by molar-refractivity contribution is -0.593. The third-order valence-electron chi connectivity index (χ3n) is 6.63. The summed E-state index contributed by atoms with van der Waals surface area (Å²) in [5, 5.41) is 25.8. The van der Waals surface area contributed by atoms with Crippen molar-refractivity contribution in [2.45, 2.75) is 41.9 Å². The van der Waals surface area contributed by atoms with Crippen LogP contribution in [0.5, 0.6) is 11.5 Å². The van der Waals surface area contributed by atoms with Crippen LogP contribution in [0.15, 0.2) is 77.7 Å². The molecule has 14 heteroatoms. The third-order valence-corrected chi connectivity index (χ3v) is 9.60. The van der Waals surface area contributed by atoms with Crippen LogP contribution in [0.4, 0.5) is 0 Å². The predicted octanol–water partition coefficient (Wildman–Crippen LogP) is 4.65. The molecule has 2 N–H and O–H groups in total. The van der Waals surface area contributed by atoms with Gasteiger partial charge in [-0.3, -0.25) is 9.01 Å². The van der Waals surface area contributed by atoms with E-state index in [1.807, 2.05) is 18.2 Å². The molecule has 11 nitrogen and oxygen atoms in total. The Morgan fingerprint density at radius 2 is 1.81 bits per heavy atom. The van der Waals surface area contributed by atoms with Gasteiger partial charge in [0.05, 0.1) is 42.2 Å². The fraction of sp³-hybridized carbons (Fsp3) is 0.310. The topological polar surface area (TPSA) is 157 Å². The van der Waals surface area contributed by atoms with E-state index in [0.717, 1.165) is 0 Å². The fourth-order valence-electron chi connectivity index (χ4n) is 4.38. The van der Waals surface area contributed by atoms with Crippen molar-refractivity contribution in [2.75, 3.05) is 20.3 Å². The van der Waals surface area contributed by atoms with Crippen LogP contribution in [-0.4, -0.2) is 50.8 Å². The molecule has 2 unspecified atom stereocenters. The number of nitrogens with zero attached hydrogens (tertiary/aromatic N) is 1. The average Bonchev–Trinajstić information content (AvgIpc) is 3.26. The standard InChI is InChI=1S/C29H31ClN3O8S2/c1-40-21-8-7-9-22(18-21)41-15-6-5-14-31-29(35)26(32-43(38,39)23-10-3-2-4-11-23)17-20-12-13-24(25(30)16-20)27-19-28(34)33(36,37)42-27/h2-4,7-13,16,18,26-27,32H,5-6,14-15,17,19H2,1H3,(H,31,35)/q-1. The van der Waals surface area contributed by atoms with E-state index < -0.39 is 37.3 Å². The molecule has 0 aromatic heterocycles. The Hall–Kier alpha value is -3.17. The minimum absolute atomic E-state index is 0.00984. The van der Waals surface area contributed by atoms with Gasteiger partial charge >= 0.3 is 5.91 Å². The van der Waals surface area contributed by atoms with Crippen molar-refractivity contribution in [3.05, 3.63) is 99.4 Å². The Balaban J connectivity index is 1.39. The molecule has 2 amide bonds. The number of hydrogen-bond donors (Lipinski definition) is 2. The first kappa shape index (κ1) is 32.7. The van der Waals surface area contributed by atoms with Gasteiger partial charge in [-0.05, 0) is 60.7 Å². The molecule has 0 saturated carbocycles. The van der Waals surface area contributed by atoms with E-state index in [2.05, 4.69) is 10.0 Å². The monoisotopic (exact) mass is 648 g/mol. The Labute approximate surface area is 259 Å². The number of ether oxygens (including phenoxy) is 2. The first-order chi connectivity index (χ1) is 20.5. The average molecular weight is 649 g/mol. The van der Waals surface area contributed by atoms with Crippen LogP contribution in [0.2, 0.25) is 5.02 Å². The number of amides is 2. The van der Waals surface area contributed by atoms with Gasteiger partial charge in [0.2, 0.25) is 15.9 Å². The van der Waals surface area contributed by atoms with Crippen LogP contribution >= 0.6 is 23.5 Å². The Morgan fingerprint density at radius 1 is 1.07 bits per heavy atom. The Morgan fingerprint density at radius 3 is 2.49 bits per heavy atom. The van der Waals surface area contributed by atoms with E-state index >= 15 is 0 Å². The summed E-state index contributed by atoms with van der Waals surface area (Å²) in [5.41, 5.74) is 0.980. The van der Waals surface area contributed by atoms with E-state index in [9.17, 15) is 28.4 Å². The van der Waals surface area contributed by atoms with E-state index in [-0.39, 0.29) is 22.8 Å². The molecular weight excluding hydrogens is 618 g/mol. The highest BCUT2D eigenvalue weighted by Gasteiger charge is 2.39. The molecule has 0 aliphatic carbocycles. The molecule has 4 rings (SSSR count). The van der Waals surface area contributed by atoms with Crippen molar-refractivity contribution < 1.29 is 31.7 Å². The molecule has 3 aromatic carbocycles. The number of unbranched alkanes of at least 4 members (excludes halogenated alkanes) is 1.